The second-order valence-electron chi connectivity index (χ2n) is 3.69. The molecule has 1 aliphatic rings. The number of hydrogen-bond donors (Lipinski definition) is 0. The van der Waals surface area contributed by atoms with Crippen LogP contribution < -0.4 is 4.90 Å². The number of halogens is 2. The summed E-state index contributed by atoms with van der Waals surface area (Å²) in [5, 5.41) is 0.606. The van der Waals surface area contributed by atoms with E-state index in [1.165, 1.54) is 19.2 Å². The van der Waals surface area contributed by atoms with Crippen LogP contribution in [0.25, 0.3) is 0 Å². The molecule has 0 saturated carbocycles. The van der Waals surface area contributed by atoms with E-state index in [-0.39, 0.29) is 0 Å². The van der Waals surface area contributed by atoms with Gasteiger partial charge in [0, 0.05) is 18.5 Å². The minimum Gasteiger partial charge on any atom is -0.351 e. The van der Waals surface area contributed by atoms with Gasteiger partial charge in [-0.15, -0.1) is 11.6 Å². The Morgan fingerprint density at radius 3 is 3.07 bits per heavy atom. The monoisotopic (exact) mass is 245 g/mol. The van der Waals surface area contributed by atoms with Crippen molar-refractivity contribution in [3.63, 3.8) is 0 Å². The first-order valence-electron chi connectivity index (χ1n) is 5.11. The number of alkyl halides is 1. The van der Waals surface area contributed by atoms with Crippen LogP contribution in [0.2, 0.25) is 5.02 Å². The van der Waals surface area contributed by atoms with Crippen molar-refractivity contribution in [2.45, 2.75) is 25.3 Å². The Balaban J connectivity index is 2.24. The van der Waals surface area contributed by atoms with Gasteiger partial charge in [0.25, 0.3) is 0 Å². The number of rotatable bonds is 2. The average Bonchev–Trinajstić information content (AvgIpc) is 2.30. The Bertz CT molecular complexity index is 332. The lowest BCUT2D eigenvalue weighted by Crippen LogP contribution is -2.41. The van der Waals surface area contributed by atoms with Gasteiger partial charge in [0.15, 0.2) is 5.82 Å². The van der Waals surface area contributed by atoms with E-state index in [1.807, 2.05) is 0 Å². The van der Waals surface area contributed by atoms with Crippen LogP contribution in [0.5, 0.6) is 0 Å². The average molecular weight is 246 g/mol. The molecule has 0 amide bonds. The zero-order valence-electron chi connectivity index (χ0n) is 8.37. The molecular weight excluding hydrogens is 233 g/mol. The van der Waals surface area contributed by atoms with Crippen LogP contribution in [-0.2, 0) is 0 Å². The summed E-state index contributed by atoms with van der Waals surface area (Å²) < 4.78 is 0. The molecule has 3 nitrogen and oxygen atoms in total. The molecule has 0 bridgehead atoms. The largest absolute Gasteiger partial charge is 0.351 e. The number of piperidine rings is 1. The van der Waals surface area contributed by atoms with Gasteiger partial charge in [-0.2, -0.15) is 0 Å². The van der Waals surface area contributed by atoms with E-state index in [1.54, 1.807) is 6.20 Å². The lowest BCUT2D eigenvalue weighted by molar-refractivity contribution is 0.484. The standard InChI is InChI=1S/C10H13Cl2N3/c11-5-8-3-1-2-4-15(8)10-9(12)6-13-7-14-10/h6-8H,1-5H2. The molecule has 0 aromatic carbocycles. The second kappa shape index (κ2) is 4.99. The van der Waals surface area contributed by atoms with Crippen LogP contribution in [0.15, 0.2) is 12.5 Å². The number of hydrogen-bond acceptors (Lipinski definition) is 3. The molecule has 1 aromatic rings. The minimum absolute atomic E-state index is 0.354. The fourth-order valence-electron chi connectivity index (χ4n) is 1.96. The van der Waals surface area contributed by atoms with Gasteiger partial charge in [-0.1, -0.05) is 11.6 Å². The Morgan fingerprint density at radius 1 is 1.47 bits per heavy atom. The first-order chi connectivity index (χ1) is 7.33. The zero-order valence-corrected chi connectivity index (χ0v) is 9.88. The van der Waals surface area contributed by atoms with E-state index in [2.05, 4.69) is 14.9 Å². The van der Waals surface area contributed by atoms with Crippen molar-refractivity contribution in [1.29, 1.82) is 0 Å². The fourth-order valence-corrected chi connectivity index (χ4v) is 2.49. The van der Waals surface area contributed by atoms with Crippen molar-refractivity contribution in [3.8, 4) is 0 Å². The maximum absolute atomic E-state index is 6.07. The van der Waals surface area contributed by atoms with Gasteiger partial charge in [-0.25, -0.2) is 9.97 Å². The van der Waals surface area contributed by atoms with Crippen LogP contribution >= 0.6 is 23.2 Å². The predicted molar refractivity (Wildman–Crippen MR) is 62.7 cm³/mol. The summed E-state index contributed by atoms with van der Waals surface area (Å²) in [7, 11) is 0. The molecule has 1 saturated heterocycles. The van der Waals surface area contributed by atoms with E-state index < -0.39 is 0 Å². The molecule has 1 atom stereocenters. The second-order valence-corrected chi connectivity index (χ2v) is 4.41. The van der Waals surface area contributed by atoms with E-state index in [0.29, 0.717) is 16.9 Å². The van der Waals surface area contributed by atoms with Crippen LogP contribution in [-0.4, -0.2) is 28.4 Å². The molecule has 2 rings (SSSR count). The van der Waals surface area contributed by atoms with E-state index in [4.69, 9.17) is 23.2 Å². The van der Waals surface area contributed by atoms with E-state index in [0.717, 1.165) is 18.8 Å². The van der Waals surface area contributed by atoms with Gasteiger partial charge in [-0.3, -0.25) is 0 Å². The van der Waals surface area contributed by atoms with Crippen LogP contribution in [0.4, 0.5) is 5.82 Å². The molecule has 1 unspecified atom stereocenters. The molecule has 0 radical (unpaired) electrons. The molecule has 0 aliphatic carbocycles. The maximum Gasteiger partial charge on any atom is 0.151 e. The van der Waals surface area contributed by atoms with Crippen molar-refractivity contribution in [2.24, 2.45) is 0 Å². The Hall–Kier alpha value is -0.540. The van der Waals surface area contributed by atoms with Gasteiger partial charge in [0.05, 0.1) is 6.20 Å². The summed E-state index contributed by atoms with van der Waals surface area (Å²) in [6.07, 6.45) is 6.68. The van der Waals surface area contributed by atoms with Crippen LogP contribution in [0.1, 0.15) is 19.3 Å². The smallest absolute Gasteiger partial charge is 0.151 e. The molecule has 82 valence electrons. The fraction of sp³-hybridized carbons (Fsp3) is 0.600. The van der Waals surface area contributed by atoms with E-state index in [9.17, 15) is 0 Å². The minimum atomic E-state index is 0.354. The predicted octanol–water partition coefficient (Wildman–Crippen LogP) is 2.73. The van der Waals surface area contributed by atoms with Crippen LogP contribution in [0, 0.1) is 0 Å². The molecule has 0 N–H and O–H groups in total. The number of aromatic nitrogens is 2. The third-order valence-corrected chi connectivity index (χ3v) is 3.35. The zero-order chi connectivity index (χ0) is 10.7. The highest BCUT2D eigenvalue weighted by Gasteiger charge is 2.24. The summed E-state index contributed by atoms with van der Waals surface area (Å²) in [6.45, 7) is 0.980. The summed E-state index contributed by atoms with van der Waals surface area (Å²) >= 11 is 12.0. The molecule has 15 heavy (non-hydrogen) atoms. The van der Waals surface area contributed by atoms with Crippen LogP contribution in [0.3, 0.4) is 0 Å². The summed E-state index contributed by atoms with van der Waals surface area (Å²) in [4.78, 5) is 10.3. The summed E-state index contributed by atoms with van der Waals surface area (Å²) in [5.41, 5.74) is 0. The Morgan fingerprint density at radius 2 is 2.33 bits per heavy atom. The summed E-state index contributed by atoms with van der Waals surface area (Å²) in [6, 6.07) is 0.354. The molecule has 5 heteroatoms. The van der Waals surface area contributed by atoms with Crippen molar-refractivity contribution in [2.75, 3.05) is 17.3 Å². The third kappa shape index (κ3) is 2.34. The lowest BCUT2D eigenvalue weighted by atomic mass is 10.0. The molecule has 2 heterocycles. The molecule has 1 fully saturated rings. The Kier molecular flexibility index (Phi) is 3.65. The third-order valence-electron chi connectivity index (χ3n) is 2.73. The SMILES string of the molecule is ClCC1CCCCN1c1ncncc1Cl. The topological polar surface area (TPSA) is 29.0 Å². The molecule has 1 aliphatic heterocycles. The number of anilines is 1. The normalized spacial score (nSPS) is 21.7. The van der Waals surface area contributed by atoms with Crippen molar-refractivity contribution in [3.05, 3.63) is 17.5 Å². The van der Waals surface area contributed by atoms with Crippen molar-refractivity contribution in [1.82, 2.24) is 9.97 Å². The van der Waals surface area contributed by atoms with Gasteiger partial charge in [0.2, 0.25) is 0 Å². The van der Waals surface area contributed by atoms with Gasteiger partial charge in [-0.05, 0) is 19.3 Å². The first kappa shape index (κ1) is 11.0. The lowest BCUT2D eigenvalue weighted by Gasteiger charge is -2.35. The van der Waals surface area contributed by atoms with Crippen molar-refractivity contribution < 1.29 is 0 Å². The summed E-state index contributed by atoms with van der Waals surface area (Å²) in [5.74, 6) is 1.44. The number of nitrogens with zero attached hydrogens (tertiary/aromatic N) is 3. The first-order valence-corrected chi connectivity index (χ1v) is 6.02. The van der Waals surface area contributed by atoms with Gasteiger partial charge >= 0.3 is 0 Å². The highest BCUT2D eigenvalue weighted by atomic mass is 35.5. The highest BCUT2D eigenvalue weighted by Crippen LogP contribution is 2.28. The maximum atomic E-state index is 6.07. The quantitative estimate of drug-likeness (QED) is 0.751. The molecular formula is C10H13Cl2N3. The van der Waals surface area contributed by atoms with Gasteiger partial charge in [0.1, 0.15) is 11.3 Å². The molecule has 0 spiro atoms. The highest BCUT2D eigenvalue weighted by molar-refractivity contribution is 6.32. The Labute approximate surface area is 99.4 Å². The van der Waals surface area contributed by atoms with Crippen molar-refractivity contribution >= 4 is 29.0 Å². The van der Waals surface area contributed by atoms with Gasteiger partial charge < -0.3 is 4.90 Å². The molecule has 1 aromatic heterocycles. The van der Waals surface area contributed by atoms with E-state index >= 15 is 0 Å².